The molecule has 0 aliphatic carbocycles. The lowest BCUT2D eigenvalue weighted by Crippen LogP contribution is -2.47. The van der Waals surface area contributed by atoms with Crippen LogP contribution in [0.25, 0.3) is 0 Å². The van der Waals surface area contributed by atoms with Crippen molar-refractivity contribution in [2.24, 2.45) is 0 Å². The van der Waals surface area contributed by atoms with Crippen molar-refractivity contribution in [2.75, 3.05) is 54.4 Å². The van der Waals surface area contributed by atoms with Crippen LogP contribution in [0.4, 0.5) is 23.5 Å². The van der Waals surface area contributed by atoms with E-state index in [0.717, 1.165) is 75.1 Å². The molecule has 10 nitrogen and oxygen atoms in total. The Morgan fingerprint density at radius 3 is 2.26 bits per heavy atom. The van der Waals surface area contributed by atoms with E-state index < -0.39 is 0 Å². The van der Waals surface area contributed by atoms with Crippen LogP contribution in [-0.2, 0) is 6.42 Å². The molecule has 2 aromatic heterocycles. The molecular weight excluding hydrogens is 478 g/mol. The van der Waals surface area contributed by atoms with Gasteiger partial charge in [0, 0.05) is 57.2 Å². The first-order chi connectivity index (χ1) is 18.8. The minimum Gasteiger partial charge on any atom is -0.489 e. The molecule has 2 aliphatic heterocycles. The van der Waals surface area contributed by atoms with Gasteiger partial charge >= 0.3 is 0 Å². The molecule has 0 radical (unpaired) electrons. The number of nitrogens with one attached hydrogen (secondary N) is 2. The Morgan fingerprint density at radius 1 is 0.816 bits per heavy atom. The van der Waals surface area contributed by atoms with Crippen LogP contribution in [0, 0.1) is 0 Å². The standard InChI is InChI=1S/C28H31N9O/c1-2-4-21(5-3-1)16-22-17-30-27(31-18-22)36-12-14-37(15-13-36)28-33-20-32-26(35-28)34-23-6-8-24(9-7-23)38-25-10-11-29-19-25/h1-9,17-18,20,25,29H,10-16,19H2,(H,32,33,34,35)/t25-/m1/s1. The van der Waals surface area contributed by atoms with E-state index in [9.17, 15) is 0 Å². The molecule has 2 N–H and O–H groups in total. The summed E-state index contributed by atoms with van der Waals surface area (Å²) in [7, 11) is 0. The van der Waals surface area contributed by atoms with Gasteiger partial charge in [-0.25, -0.2) is 19.9 Å². The molecule has 0 bridgehead atoms. The first-order valence-electron chi connectivity index (χ1n) is 13.1. The maximum atomic E-state index is 6.00. The van der Waals surface area contributed by atoms with E-state index in [2.05, 4.69) is 69.6 Å². The van der Waals surface area contributed by atoms with Gasteiger partial charge in [-0.3, -0.25) is 0 Å². The average molecular weight is 510 g/mol. The topological polar surface area (TPSA) is 104 Å². The van der Waals surface area contributed by atoms with E-state index in [0.29, 0.717) is 11.9 Å². The number of hydrogen-bond donors (Lipinski definition) is 2. The first-order valence-corrected chi connectivity index (χ1v) is 13.1. The number of rotatable bonds is 8. The molecule has 2 aromatic carbocycles. The molecule has 2 saturated heterocycles. The molecule has 4 aromatic rings. The fourth-order valence-corrected chi connectivity index (χ4v) is 4.71. The van der Waals surface area contributed by atoms with Crippen molar-refractivity contribution in [1.82, 2.24) is 30.2 Å². The largest absolute Gasteiger partial charge is 0.489 e. The SMILES string of the molecule is c1ccc(Cc2cnc(N3CCN(c4ncnc(Nc5ccc(O[C@@H]6CCNC6)cc5)n4)CC3)nc2)cc1. The summed E-state index contributed by atoms with van der Waals surface area (Å²) < 4.78 is 6.00. The molecule has 2 fully saturated rings. The molecule has 10 heteroatoms. The lowest BCUT2D eigenvalue weighted by atomic mass is 10.1. The minimum absolute atomic E-state index is 0.242. The van der Waals surface area contributed by atoms with Crippen LogP contribution < -0.4 is 25.2 Å². The number of piperazine rings is 1. The van der Waals surface area contributed by atoms with Crippen molar-refractivity contribution < 1.29 is 4.74 Å². The second kappa shape index (κ2) is 11.4. The monoisotopic (exact) mass is 509 g/mol. The third kappa shape index (κ3) is 5.97. The van der Waals surface area contributed by atoms with Crippen LogP contribution in [0.2, 0.25) is 0 Å². The van der Waals surface area contributed by atoms with Gasteiger partial charge in [0.1, 0.15) is 18.2 Å². The Labute approximate surface area is 222 Å². The summed E-state index contributed by atoms with van der Waals surface area (Å²) in [4.78, 5) is 27.0. The molecule has 0 saturated carbocycles. The van der Waals surface area contributed by atoms with Gasteiger partial charge in [-0.15, -0.1) is 0 Å². The molecule has 1 atom stereocenters. The summed E-state index contributed by atoms with van der Waals surface area (Å²) in [5, 5.41) is 6.59. The van der Waals surface area contributed by atoms with Crippen molar-refractivity contribution in [3.63, 3.8) is 0 Å². The number of anilines is 4. The predicted molar refractivity (Wildman–Crippen MR) is 147 cm³/mol. The van der Waals surface area contributed by atoms with Crippen molar-refractivity contribution in [3.8, 4) is 5.75 Å². The zero-order valence-corrected chi connectivity index (χ0v) is 21.2. The summed E-state index contributed by atoms with van der Waals surface area (Å²) >= 11 is 0. The summed E-state index contributed by atoms with van der Waals surface area (Å²) in [5.41, 5.74) is 3.26. The second-order valence-corrected chi connectivity index (χ2v) is 9.52. The summed E-state index contributed by atoms with van der Waals surface area (Å²) in [6.07, 6.45) is 7.52. The predicted octanol–water partition coefficient (Wildman–Crippen LogP) is 3.06. The van der Waals surface area contributed by atoms with E-state index in [1.165, 1.54) is 5.56 Å². The quantitative estimate of drug-likeness (QED) is 0.368. The van der Waals surface area contributed by atoms with Crippen LogP contribution in [0.1, 0.15) is 17.5 Å². The molecule has 0 amide bonds. The number of ether oxygens (including phenoxy) is 1. The van der Waals surface area contributed by atoms with Gasteiger partial charge in [0.15, 0.2) is 0 Å². The molecule has 6 rings (SSSR count). The van der Waals surface area contributed by atoms with Gasteiger partial charge < -0.3 is 25.2 Å². The smallest absolute Gasteiger partial charge is 0.231 e. The average Bonchev–Trinajstić information content (AvgIpc) is 3.49. The molecule has 4 heterocycles. The van der Waals surface area contributed by atoms with Gasteiger partial charge in [0.25, 0.3) is 0 Å². The minimum atomic E-state index is 0.242. The van der Waals surface area contributed by atoms with Gasteiger partial charge in [0.2, 0.25) is 17.8 Å². The fourth-order valence-electron chi connectivity index (χ4n) is 4.71. The lowest BCUT2D eigenvalue weighted by Gasteiger charge is -2.34. The van der Waals surface area contributed by atoms with Crippen LogP contribution in [0.15, 0.2) is 73.3 Å². The normalized spacial score (nSPS) is 17.4. The van der Waals surface area contributed by atoms with E-state index >= 15 is 0 Å². The van der Waals surface area contributed by atoms with Crippen LogP contribution in [0.3, 0.4) is 0 Å². The van der Waals surface area contributed by atoms with Gasteiger partial charge in [-0.2, -0.15) is 4.98 Å². The van der Waals surface area contributed by atoms with Crippen molar-refractivity contribution >= 4 is 23.5 Å². The maximum Gasteiger partial charge on any atom is 0.231 e. The number of nitrogens with zero attached hydrogens (tertiary/aromatic N) is 7. The number of hydrogen-bond acceptors (Lipinski definition) is 10. The molecule has 2 aliphatic rings. The molecule has 38 heavy (non-hydrogen) atoms. The molecule has 0 unspecified atom stereocenters. The number of benzene rings is 2. The van der Waals surface area contributed by atoms with Crippen LogP contribution in [0.5, 0.6) is 5.75 Å². The zero-order valence-electron chi connectivity index (χ0n) is 21.2. The van der Waals surface area contributed by atoms with Crippen LogP contribution in [-0.4, -0.2) is 70.3 Å². The van der Waals surface area contributed by atoms with E-state index in [1.807, 2.05) is 42.7 Å². The molecular formula is C28H31N9O. The summed E-state index contributed by atoms with van der Waals surface area (Å²) in [6.45, 7) is 5.06. The van der Waals surface area contributed by atoms with Crippen molar-refractivity contribution in [2.45, 2.75) is 18.9 Å². The highest BCUT2D eigenvalue weighted by atomic mass is 16.5. The highest BCUT2D eigenvalue weighted by Crippen LogP contribution is 2.21. The van der Waals surface area contributed by atoms with E-state index in [4.69, 9.17) is 4.74 Å². The van der Waals surface area contributed by atoms with Crippen molar-refractivity contribution in [3.05, 3.63) is 84.4 Å². The van der Waals surface area contributed by atoms with E-state index in [1.54, 1.807) is 6.33 Å². The van der Waals surface area contributed by atoms with Gasteiger partial charge in [-0.1, -0.05) is 30.3 Å². The number of aromatic nitrogens is 5. The maximum absolute atomic E-state index is 6.00. The Balaban J connectivity index is 1.02. The summed E-state index contributed by atoms with van der Waals surface area (Å²) in [5.74, 6) is 2.81. The highest BCUT2D eigenvalue weighted by Gasteiger charge is 2.21. The van der Waals surface area contributed by atoms with E-state index in [-0.39, 0.29) is 6.10 Å². The van der Waals surface area contributed by atoms with Crippen molar-refractivity contribution in [1.29, 1.82) is 0 Å². The summed E-state index contributed by atoms with van der Waals surface area (Å²) in [6, 6.07) is 18.3. The molecule has 194 valence electrons. The Morgan fingerprint density at radius 2 is 1.55 bits per heavy atom. The zero-order chi connectivity index (χ0) is 25.6. The third-order valence-electron chi connectivity index (χ3n) is 6.78. The van der Waals surface area contributed by atoms with Gasteiger partial charge in [-0.05, 0) is 48.4 Å². The molecule has 0 spiro atoms. The van der Waals surface area contributed by atoms with Gasteiger partial charge in [0.05, 0.1) is 0 Å². The lowest BCUT2D eigenvalue weighted by molar-refractivity contribution is 0.223. The second-order valence-electron chi connectivity index (χ2n) is 9.52. The highest BCUT2D eigenvalue weighted by molar-refractivity contribution is 5.55. The first kappa shape index (κ1) is 24.1. The third-order valence-corrected chi connectivity index (χ3v) is 6.78. The Hall–Kier alpha value is -4.31. The fraction of sp³-hybridized carbons (Fsp3) is 0.321. The van der Waals surface area contributed by atoms with Crippen LogP contribution >= 0.6 is 0 Å². The Kier molecular flexibility index (Phi) is 7.21. The Bertz CT molecular complexity index is 1300.